The zero-order chi connectivity index (χ0) is 14.8. The van der Waals surface area contributed by atoms with E-state index in [2.05, 4.69) is 20.0 Å². The first kappa shape index (κ1) is 14.7. The molecule has 20 heavy (non-hydrogen) atoms. The molecule has 0 spiro atoms. The number of rotatable bonds is 6. The highest BCUT2D eigenvalue weighted by Crippen LogP contribution is 2.17. The molecule has 0 aliphatic carbocycles. The molecule has 2 rings (SSSR count). The van der Waals surface area contributed by atoms with Crippen LogP contribution in [-0.4, -0.2) is 28.3 Å². The van der Waals surface area contributed by atoms with Crippen LogP contribution in [0.3, 0.4) is 0 Å². The molecule has 0 saturated carbocycles. The average molecular weight is 299 g/mol. The Morgan fingerprint density at radius 3 is 2.70 bits per heavy atom. The van der Waals surface area contributed by atoms with Gasteiger partial charge in [0.25, 0.3) is 0 Å². The van der Waals surface area contributed by atoms with Crippen molar-refractivity contribution in [1.29, 1.82) is 0 Å². The molecule has 0 radical (unpaired) electrons. The van der Waals surface area contributed by atoms with Gasteiger partial charge in [-0.25, -0.2) is 13.1 Å². The Hall–Kier alpha value is -1.74. The molecule has 0 saturated heterocycles. The van der Waals surface area contributed by atoms with E-state index in [0.717, 1.165) is 0 Å². The molecular weight excluding hydrogens is 282 g/mol. The van der Waals surface area contributed by atoms with E-state index in [0.29, 0.717) is 24.7 Å². The zero-order valence-electron chi connectivity index (χ0n) is 11.6. The summed E-state index contributed by atoms with van der Waals surface area (Å²) in [6.07, 6.45) is 3.32. The zero-order valence-corrected chi connectivity index (χ0v) is 12.4. The summed E-state index contributed by atoms with van der Waals surface area (Å²) in [6, 6.07) is -0.526. The van der Waals surface area contributed by atoms with Gasteiger partial charge in [0.1, 0.15) is 4.90 Å². The van der Waals surface area contributed by atoms with Crippen LogP contribution in [0, 0.1) is 6.92 Å². The minimum Gasteiger partial charge on any atom is -0.340 e. The number of nitrogens with zero attached hydrogens (tertiary/aromatic N) is 4. The van der Waals surface area contributed by atoms with Gasteiger partial charge in [-0.15, -0.1) is 0 Å². The maximum Gasteiger partial charge on any atom is 0.244 e. The van der Waals surface area contributed by atoms with Gasteiger partial charge in [0.05, 0.1) is 12.2 Å². The van der Waals surface area contributed by atoms with Crippen LogP contribution in [0.4, 0.5) is 0 Å². The highest BCUT2D eigenvalue weighted by molar-refractivity contribution is 7.89. The minimum absolute atomic E-state index is 0.123. The highest BCUT2D eigenvalue weighted by Gasteiger charge is 2.24. The Morgan fingerprint density at radius 2 is 2.20 bits per heavy atom. The number of hydrogen-bond acceptors (Lipinski definition) is 6. The third-order valence-corrected chi connectivity index (χ3v) is 4.23. The quantitative estimate of drug-likeness (QED) is 0.854. The molecule has 2 heterocycles. The first-order chi connectivity index (χ1) is 9.46. The lowest BCUT2D eigenvalue weighted by atomic mass is 10.2. The van der Waals surface area contributed by atoms with Crippen LogP contribution >= 0.6 is 0 Å². The second-order valence-corrected chi connectivity index (χ2v) is 6.00. The van der Waals surface area contributed by atoms with Gasteiger partial charge in [0, 0.05) is 19.7 Å². The fourth-order valence-corrected chi connectivity index (χ4v) is 2.92. The van der Waals surface area contributed by atoms with E-state index in [1.807, 2.05) is 13.8 Å². The van der Waals surface area contributed by atoms with Crippen LogP contribution in [0.2, 0.25) is 0 Å². The Morgan fingerprint density at radius 1 is 1.45 bits per heavy atom. The molecule has 0 amide bonds. The summed E-state index contributed by atoms with van der Waals surface area (Å²) < 4.78 is 33.5. The van der Waals surface area contributed by atoms with Gasteiger partial charge in [0.15, 0.2) is 5.82 Å². The standard InChI is InChI=1S/C11H17N5O3S/c1-4-10(11-13-8(3)19-14-11)15-20(17,18)9-6-12-16(5-2)7-9/h6-7,10,15H,4-5H2,1-3H3/t10-/m1/s1. The molecule has 110 valence electrons. The van der Waals surface area contributed by atoms with Crippen LogP contribution < -0.4 is 4.72 Å². The van der Waals surface area contributed by atoms with E-state index in [4.69, 9.17) is 4.52 Å². The van der Waals surface area contributed by atoms with E-state index < -0.39 is 16.1 Å². The SMILES string of the molecule is CC[C@@H](NS(=O)(=O)c1cnn(CC)c1)c1noc(C)n1. The first-order valence-corrected chi connectivity index (χ1v) is 7.79. The van der Waals surface area contributed by atoms with E-state index >= 15 is 0 Å². The van der Waals surface area contributed by atoms with Crippen molar-refractivity contribution in [1.82, 2.24) is 24.6 Å². The predicted molar refractivity (Wildman–Crippen MR) is 70.3 cm³/mol. The van der Waals surface area contributed by atoms with Crippen molar-refractivity contribution in [2.75, 3.05) is 0 Å². The third kappa shape index (κ3) is 3.05. The average Bonchev–Trinajstić information content (AvgIpc) is 3.04. The van der Waals surface area contributed by atoms with Crippen LogP contribution in [0.5, 0.6) is 0 Å². The number of hydrogen-bond donors (Lipinski definition) is 1. The lowest BCUT2D eigenvalue weighted by Crippen LogP contribution is -2.28. The maximum absolute atomic E-state index is 12.3. The molecule has 1 atom stereocenters. The normalized spacial score (nSPS) is 13.6. The Labute approximate surface area is 117 Å². The molecule has 0 aromatic carbocycles. The fourth-order valence-electron chi connectivity index (χ4n) is 1.69. The molecule has 8 nitrogen and oxygen atoms in total. The Bertz CT molecular complexity index is 676. The van der Waals surface area contributed by atoms with Gasteiger partial charge in [0.2, 0.25) is 15.9 Å². The molecule has 0 aliphatic heterocycles. The number of aryl methyl sites for hydroxylation is 2. The molecular formula is C11H17N5O3S. The van der Waals surface area contributed by atoms with Crippen LogP contribution in [0.15, 0.2) is 21.8 Å². The van der Waals surface area contributed by atoms with Crippen molar-refractivity contribution >= 4 is 10.0 Å². The van der Waals surface area contributed by atoms with Crippen molar-refractivity contribution < 1.29 is 12.9 Å². The maximum atomic E-state index is 12.3. The van der Waals surface area contributed by atoms with E-state index in [-0.39, 0.29) is 4.90 Å². The monoisotopic (exact) mass is 299 g/mol. The minimum atomic E-state index is -3.65. The molecule has 1 N–H and O–H groups in total. The summed E-state index contributed by atoms with van der Waals surface area (Å²) in [7, 11) is -3.65. The number of sulfonamides is 1. The number of nitrogens with one attached hydrogen (secondary N) is 1. The first-order valence-electron chi connectivity index (χ1n) is 6.31. The molecule has 0 bridgehead atoms. The fraction of sp³-hybridized carbons (Fsp3) is 0.545. The van der Waals surface area contributed by atoms with Gasteiger partial charge in [-0.05, 0) is 13.3 Å². The smallest absolute Gasteiger partial charge is 0.244 e. The Kier molecular flexibility index (Phi) is 4.19. The lowest BCUT2D eigenvalue weighted by Gasteiger charge is -2.12. The van der Waals surface area contributed by atoms with Crippen molar-refractivity contribution in [3.8, 4) is 0 Å². The summed E-state index contributed by atoms with van der Waals surface area (Å²) >= 11 is 0. The predicted octanol–water partition coefficient (Wildman–Crippen LogP) is 1.02. The molecule has 9 heteroatoms. The molecule has 0 unspecified atom stereocenters. The van der Waals surface area contributed by atoms with Crippen molar-refractivity contribution in [3.05, 3.63) is 24.1 Å². The van der Waals surface area contributed by atoms with Crippen LogP contribution in [0.25, 0.3) is 0 Å². The van der Waals surface area contributed by atoms with Crippen molar-refractivity contribution in [2.24, 2.45) is 0 Å². The summed E-state index contributed by atoms with van der Waals surface area (Å²) in [6.45, 7) is 5.99. The van der Waals surface area contributed by atoms with Gasteiger partial charge in [-0.3, -0.25) is 4.68 Å². The van der Waals surface area contributed by atoms with E-state index in [1.165, 1.54) is 12.4 Å². The van der Waals surface area contributed by atoms with Gasteiger partial charge in [-0.1, -0.05) is 12.1 Å². The van der Waals surface area contributed by atoms with Gasteiger partial charge < -0.3 is 4.52 Å². The van der Waals surface area contributed by atoms with E-state index in [9.17, 15) is 8.42 Å². The second-order valence-electron chi connectivity index (χ2n) is 4.29. The summed E-state index contributed by atoms with van der Waals surface area (Å²) in [4.78, 5) is 4.18. The number of aromatic nitrogens is 4. The van der Waals surface area contributed by atoms with Crippen molar-refractivity contribution in [2.45, 2.75) is 44.7 Å². The summed E-state index contributed by atoms with van der Waals surface area (Å²) in [5, 5.41) is 7.71. The largest absolute Gasteiger partial charge is 0.340 e. The van der Waals surface area contributed by atoms with Crippen LogP contribution in [-0.2, 0) is 16.6 Å². The Balaban J connectivity index is 2.21. The molecule has 2 aromatic heterocycles. The molecule has 0 fully saturated rings. The molecule has 0 aliphatic rings. The lowest BCUT2D eigenvalue weighted by molar-refractivity contribution is 0.380. The highest BCUT2D eigenvalue weighted by atomic mass is 32.2. The molecule has 2 aromatic rings. The van der Waals surface area contributed by atoms with Gasteiger partial charge >= 0.3 is 0 Å². The van der Waals surface area contributed by atoms with Crippen molar-refractivity contribution in [3.63, 3.8) is 0 Å². The topological polar surface area (TPSA) is 103 Å². The third-order valence-electron chi connectivity index (χ3n) is 2.80. The summed E-state index contributed by atoms with van der Waals surface area (Å²) in [5.74, 6) is 0.730. The van der Waals surface area contributed by atoms with Gasteiger partial charge in [-0.2, -0.15) is 10.1 Å². The van der Waals surface area contributed by atoms with Crippen LogP contribution in [0.1, 0.15) is 38.0 Å². The van der Waals surface area contributed by atoms with E-state index in [1.54, 1.807) is 11.6 Å². The second kappa shape index (κ2) is 5.71. The summed E-state index contributed by atoms with van der Waals surface area (Å²) in [5.41, 5.74) is 0.